The fourth-order valence-electron chi connectivity index (χ4n) is 2.75. The van der Waals surface area contributed by atoms with Crippen molar-refractivity contribution >= 4 is 5.69 Å². The van der Waals surface area contributed by atoms with Crippen molar-refractivity contribution in [2.75, 3.05) is 18.5 Å². The Morgan fingerprint density at radius 1 is 1.35 bits per heavy atom. The summed E-state index contributed by atoms with van der Waals surface area (Å²) in [6.45, 7) is 5.23. The quantitative estimate of drug-likeness (QED) is 0.836. The number of aryl methyl sites for hydroxylation is 2. The van der Waals surface area contributed by atoms with Gasteiger partial charge in [0.1, 0.15) is 6.07 Å². The summed E-state index contributed by atoms with van der Waals surface area (Å²) in [6, 6.07) is 4.14. The number of hydrogen-bond acceptors (Lipinski definition) is 4. The number of nitrogens with zero attached hydrogens (tertiary/aromatic N) is 2. The van der Waals surface area contributed by atoms with Gasteiger partial charge in [0.05, 0.1) is 29.7 Å². The summed E-state index contributed by atoms with van der Waals surface area (Å²) in [5, 5.41) is 12.5. The van der Waals surface area contributed by atoms with Gasteiger partial charge in [0, 0.05) is 12.2 Å². The smallest absolute Gasteiger partial charge is 0.103 e. The third-order valence-electron chi connectivity index (χ3n) is 3.76. The summed E-state index contributed by atoms with van der Waals surface area (Å²) < 4.78 is 5.88. The molecule has 1 aromatic rings. The Kier molecular flexibility index (Phi) is 5.37. The zero-order valence-corrected chi connectivity index (χ0v) is 12.4. The van der Waals surface area contributed by atoms with Crippen molar-refractivity contribution in [1.82, 2.24) is 4.98 Å². The van der Waals surface area contributed by atoms with Gasteiger partial charge < -0.3 is 10.1 Å². The largest absolute Gasteiger partial charge is 0.382 e. The predicted octanol–water partition coefficient (Wildman–Crippen LogP) is 3.33. The standard InChI is InChI=1S/C16H23N3O/c1-12-10-16(15(11-17)13(2)19-12)18-8-9-20-14-6-4-3-5-7-14/h10,14H,3-9H2,1-2H3,(H,18,19). The van der Waals surface area contributed by atoms with Gasteiger partial charge in [-0.2, -0.15) is 5.26 Å². The molecule has 1 saturated carbocycles. The first-order valence-electron chi connectivity index (χ1n) is 7.44. The predicted molar refractivity (Wildman–Crippen MR) is 79.7 cm³/mol. The van der Waals surface area contributed by atoms with Gasteiger partial charge in [-0.1, -0.05) is 19.3 Å². The molecule has 0 aliphatic heterocycles. The molecule has 2 rings (SSSR count). The minimum absolute atomic E-state index is 0.432. The van der Waals surface area contributed by atoms with Crippen LogP contribution in [0.5, 0.6) is 0 Å². The topological polar surface area (TPSA) is 57.9 Å². The van der Waals surface area contributed by atoms with E-state index in [1.807, 2.05) is 19.9 Å². The zero-order chi connectivity index (χ0) is 14.4. The highest BCUT2D eigenvalue weighted by molar-refractivity contribution is 5.59. The molecular formula is C16H23N3O. The number of rotatable bonds is 5. The Labute approximate surface area is 121 Å². The molecule has 0 aromatic carbocycles. The molecule has 0 bridgehead atoms. The van der Waals surface area contributed by atoms with Crippen LogP contribution in [-0.2, 0) is 4.74 Å². The van der Waals surface area contributed by atoms with Gasteiger partial charge in [-0.05, 0) is 32.8 Å². The van der Waals surface area contributed by atoms with Crippen molar-refractivity contribution in [2.45, 2.75) is 52.1 Å². The van der Waals surface area contributed by atoms with Crippen molar-refractivity contribution in [3.05, 3.63) is 23.0 Å². The van der Waals surface area contributed by atoms with Crippen LogP contribution < -0.4 is 5.32 Å². The number of ether oxygens (including phenoxy) is 1. The van der Waals surface area contributed by atoms with Gasteiger partial charge in [0.25, 0.3) is 0 Å². The Morgan fingerprint density at radius 3 is 2.80 bits per heavy atom. The molecule has 1 fully saturated rings. The lowest BCUT2D eigenvalue weighted by Crippen LogP contribution is -2.20. The number of hydrogen-bond donors (Lipinski definition) is 1. The number of nitrogens with one attached hydrogen (secondary N) is 1. The molecule has 4 nitrogen and oxygen atoms in total. The first-order valence-corrected chi connectivity index (χ1v) is 7.44. The van der Waals surface area contributed by atoms with Crippen LogP contribution in [0.15, 0.2) is 6.07 Å². The second-order valence-electron chi connectivity index (χ2n) is 5.44. The maximum Gasteiger partial charge on any atom is 0.103 e. The molecule has 4 heteroatoms. The molecule has 20 heavy (non-hydrogen) atoms. The monoisotopic (exact) mass is 273 g/mol. The second kappa shape index (κ2) is 7.25. The van der Waals surface area contributed by atoms with Crippen molar-refractivity contribution < 1.29 is 4.74 Å². The lowest BCUT2D eigenvalue weighted by molar-refractivity contribution is 0.0347. The molecule has 0 spiro atoms. The number of anilines is 1. The van der Waals surface area contributed by atoms with Crippen LogP contribution in [0, 0.1) is 25.2 Å². The normalized spacial score (nSPS) is 15.8. The van der Waals surface area contributed by atoms with Crippen molar-refractivity contribution in [1.29, 1.82) is 5.26 Å². The maximum atomic E-state index is 9.19. The highest BCUT2D eigenvalue weighted by Gasteiger charge is 2.13. The zero-order valence-electron chi connectivity index (χ0n) is 12.4. The summed E-state index contributed by atoms with van der Waals surface area (Å²) in [5.41, 5.74) is 3.21. The van der Waals surface area contributed by atoms with Gasteiger partial charge in [0.2, 0.25) is 0 Å². The summed E-state index contributed by atoms with van der Waals surface area (Å²) in [7, 11) is 0. The number of aromatic nitrogens is 1. The van der Waals surface area contributed by atoms with E-state index in [9.17, 15) is 5.26 Å². The maximum absolute atomic E-state index is 9.19. The van der Waals surface area contributed by atoms with Gasteiger partial charge in [-0.25, -0.2) is 0 Å². The fourth-order valence-corrected chi connectivity index (χ4v) is 2.75. The highest BCUT2D eigenvalue weighted by Crippen LogP contribution is 2.21. The number of nitriles is 1. The average molecular weight is 273 g/mol. The molecule has 0 amide bonds. The van der Waals surface area contributed by atoms with E-state index in [1.165, 1.54) is 32.1 Å². The lowest BCUT2D eigenvalue weighted by Gasteiger charge is -2.22. The Hall–Kier alpha value is -1.60. The van der Waals surface area contributed by atoms with E-state index >= 15 is 0 Å². The highest BCUT2D eigenvalue weighted by atomic mass is 16.5. The second-order valence-corrected chi connectivity index (χ2v) is 5.44. The van der Waals surface area contributed by atoms with E-state index in [0.29, 0.717) is 18.3 Å². The van der Waals surface area contributed by atoms with E-state index < -0.39 is 0 Å². The molecule has 0 unspecified atom stereocenters. The van der Waals surface area contributed by atoms with Crippen molar-refractivity contribution in [2.24, 2.45) is 0 Å². The van der Waals surface area contributed by atoms with Gasteiger partial charge in [-0.15, -0.1) is 0 Å². The Bertz CT molecular complexity index is 487. The fraction of sp³-hybridized carbons (Fsp3) is 0.625. The van der Waals surface area contributed by atoms with Crippen LogP contribution in [-0.4, -0.2) is 24.2 Å². The molecule has 108 valence electrons. The summed E-state index contributed by atoms with van der Waals surface area (Å²) in [6.07, 6.45) is 6.74. The van der Waals surface area contributed by atoms with Crippen molar-refractivity contribution in [3.63, 3.8) is 0 Å². The van der Waals surface area contributed by atoms with E-state index in [0.717, 1.165) is 23.6 Å². The average Bonchev–Trinajstić information content (AvgIpc) is 2.44. The van der Waals surface area contributed by atoms with E-state index in [2.05, 4.69) is 16.4 Å². The lowest BCUT2D eigenvalue weighted by atomic mass is 9.98. The SMILES string of the molecule is Cc1cc(NCCOC2CCCCC2)c(C#N)c(C)n1. The number of pyridine rings is 1. The van der Waals surface area contributed by atoms with Crippen LogP contribution in [0.4, 0.5) is 5.69 Å². The summed E-state index contributed by atoms with van der Waals surface area (Å²) in [5.74, 6) is 0. The molecule has 1 aliphatic carbocycles. The van der Waals surface area contributed by atoms with Crippen LogP contribution in [0.1, 0.15) is 49.1 Å². The molecule has 1 N–H and O–H groups in total. The van der Waals surface area contributed by atoms with E-state index in [-0.39, 0.29) is 0 Å². The van der Waals surface area contributed by atoms with Gasteiger partial charge in [0.15, 0.2) is 0 Å². The van der Waals surface area contributed by atoms with Crippen molar-refractivity contribution in [3.8, 4) is 6.07 Å². The summed E-state index contributed by atoms with van der Waals surface area (Å²) in [4.78, 5) is 4.31. The molecule has 0 saturated heterocycles. The van der Waals surface area contributed by atoms with Crippen LogP contribution in [0.25, 0.3) is 0 Å². The summed E-state index contributed by atoms with van der Waals surface area (Å²) >= 11 is 0. The van der Waals surface area contributed by atoms with Gasteiger partial charge >= 0.3 is 0 Å². The van der Waals surface area contributed by atoms with E-state index in [1.54, 1.807) is 0 Å². The molecule has 1 heterocycles. The Balaban J connectivity index is 1.83. The van der Waals surface area contributed by atoms with Crippen LogP contribution in [0.2, 0.25) is 0 Å². The molecule has 0 radical (unpaired) electrons. The minimum Gasteiger partial charge on any atom is -0.382 e. The first kappa shape index (κ1) is 14.8. The van der Waals surface area contributed by atoms with Gasteiger partial charge in [-0.3, -0.25) is 4.98 Å². The van der Waals surface area contributed by atoms with Crippen LogP contribution in [0.3, 0.4) is 0 Å². The minimum atomic E-state index is 0.432. The third-order valence-corrected chi connectivity index (χ3v) is 3.76. The van der Waals surface area contributed by atoms with E-state index in [4.69, 9.17) is 4.74 Å². The molecular weight excluding hydrogens is 250 g/mol. The Morgan fingerprint density at radius 2 is 2.10 bits per heavy atom. The molecule has 0 atom stereocenters. The van der Waals surface area contributed by atoms with Crippen LogP contribution >= 0.6 is 0 Å². The molecule has 1 aromatic heterocycles. The first-order chi connectivity index (χ1) is 9.70. The third kappa shape index (κ3) is 3.94. The molecule has 1 aliphatic rings.